The van der Waals surface area contributed by atoms with Crippen LogP contribution in [0.1, 0.15) is 40.2 Å². The van der Waals surface area contributed by atoms with Crippen molar-refractivity contribution in [2.45, 2.75) is 45.0 Å². The molecule has 24 heavy (non-hydrogen) atoms. The maximum atomic E-state index is 5.39. The first kappa shape index (κ1) is 16.8. The molecule has 0 aliphatic rings. The van der Waals surface area contributed by atoms with Crippen LogP contribution in [-0.4, -0.2) is 14.8 Å². The number of rotatable bonds is 4. The lowest BCUT2D eigenvalue weighted by atomic mass is 9.98. The molecule has 0 amide bonds. The van der Waals surface area contributed by atoms with Gasteiger partial charge in [-0.1, -0.05) is 29.5 Å². The summed E-state index contributed by atoms with van der Waals surface area (Å²) in [6.07, 6.45) is 1.69. The Kier molecular flexibility index (Phi) is 4.54. The lowest BCUT2D eigenvalue weighted by Gasteiger charge is -2.17. The number of aromatic nitrogens is 3. The molecule has 3 aromatic rings. The van der Waals surface area contributed by atoms with E-state index >= 15 is 0 Å². The summed E-state index contributed by atoms with van der Waals surface area (Å²) in [4.78, 5) is 0. The molecule has 0 aliphatic heterocycles. The molecule has 1 atom stereocenters. The molecule has 2 heterocycles. The summed E-state index contributed by atoms with van der Waals surface area (Å²) in [6.45, 7) is 10.7. The molecule has 0 radical (unpaired) electrons. The Hall–Kier alpha value is -2.01. The van der Waals surface area contributed by atoms with Crippen LogP contribution < -0.4 is 0 Å². The molecular weight excluding hydrogens is 318 g/mol. The molecule has 5 heteroatoms. The van der Waals surface area contributed by atoms with Gasteiger partial charge in [-0.2, -0.15) is 0 Å². The number of furan rings is 1. The van der Waals surface area contributed by atoms with E-state index in [-0.39, 0.29) is 0 Å². The van der Waals surface area contributed by atoms with Gasteiger partial charge in [0.05, 0.1) is 11.8 Å². The number of hydrogen-bond donors (Lipinski definition) is 0. The maximum absolute atomic E-state index is 5.39. The summed E-state index contributed by atoms with van der Waals surface area (Å²) >= 11 is 1.74. The van der Waals surface area contributed by atoms with E-state index in [1.807, 2.05) is 24.6 Å². The fraction of sp³-hybridized carbons (Fsp3) is 0.368. The third-order valence-corrected chi connectivity index (χ3v) is 5.52. The van der Waals surface area contributed by atoms with Gasteiger partial charge in [0, 0.05) is 12.3 Å². The molecule has 0 spiro atoms. The Morgan fingerprint density at radius 2 is 1.75 bits per heavy atom. The van der Waals surface area contributed by atoms with Crippen molar-refractivity contribution in [3.05, 3.63) is 52.5 Å². The lowest BCUT2D eigenvalue weighted by Crippen LogP contribution is -2.00. The number of thioether (sulfide) groups is 1. The average molecular weight is 341 g/mol. The first-order chi connectivity index (χ1) is 11.4. The highest BCUT2D eigenvalue weighted by molar-refractivity contribution is 7.99. The molecule has 0 N–H and O–H groups in total. The van der Waals surface area contributed by atoms with E-state index < -0.39 is 0 Å². The van der Waals surface area contributed by atoms with Crippen molar-refractivity contribution in [1.29, 1.82) is 0 Å². The Balaban J connectivity index is 1.90. The van der Waals surface area contributed by atoms with Crippen LogP contribution in [0.25, 0.3) is 11.4 Å². The van der Waals surface area contributed by atoms with Gasteiger partial charge in [-0.3, -0.25) is 0 Å². The van der Waals surface area contributed by atoms with E-state index in [1.165, 1.54) is 22.3 Å². The molecule has 0 aliphatic carbocycles. The van der Waals surface area contributed by atoms with E-state index in [9.17, 15) is 0 Å². The minimum Gasteiger partial charge on any atom is -0.469 e. The van der Waals surface area contributed by atoms with Crippen molar-refractivity contribution in [2.75, 3.05) is 0 Å². The van der Waals surface area contributed by atoms with E-state index in [0.717, 1.165) is 22.3 Å². The highest BCUT2D eigenvalue weighted by Gasteiger charge is 2.19. The largest absolute Gasteiger partial charge is 0.469 e. The third kappa shape index (κ3) is 3.00. The molecule has 0 saturated carbocycles. The van der Waals surface area contributed by atoms with Gasteiger partial charge in [0.1, 0.15) is 5.76 Å². The molecular formula is C19H23N3OS. The van der Waals surface area contributed by atoms with Crippen LogP contribution in [0.3, 0.4) is 0 Å². The molecule has 0 bridgehead atoms. The Bertz CT molecular complexity index is 856. The van der Waals surface area contributed by atoms with Crippen molar-refractivity contribution < 1.29 is 4.42 Å². The Morgan fingerprint density at radius 1 is 1.08 bits per heavy atom. The zero-order valence-electron chi connectivity index (χ0n) is 15.0. The third-order valence-electron chi connectivity index (χ3n) is 4.36. The smallest absolute Gasteiger partial charge is 0.191 e. The monoisotopic (exact) mass is 341 g/mol. The van der Waals surface area contributed by atoms with E-state index in [0.29, 0.717) is 5.25 Å². The lowest BCUT2D eigenvalue weighted by molar-refractivity contribution is 0.534. The zero-order valence-corrected chi connectivity index (χ0v) is 15.9. The fourth-order valence-electron chi connectivity index (χ4n) is 3.32. The minimum absolute atomic E-state index is 0.312. The summed E-state index contributed by atoms with van der Waals surface area (Å²) in [5.74, 6) is 1.70. The van der Waals surface area contributed by atoms with Crippen LogP contribution in [0.5, 0.6) is 0 Å². The molecule has 0 unspecified atom stereocenters. The van der Waals surface area contributed by atoms with Gasteiger partial charge < -0.3 is 8.98 Å². The second kappa shape index (κ2) is 6.48. The quantitative estimate of drug-likeness (QED) is 0.615. The van der Waals surface area contributed by atoms with Crippen LogP contribution in [0.2, 0.25) is 0 Å². The van der Waals surface area contributed by atoms with Crippen LogP contribution in [0.15, 0.2) is 34.0 Å². The van der Waals surface area contributed by atoms with Crippen LogP contribution in [-0.2, 0) is 7.05 Å². The molecule has 126 valence electrons. The number of aryl methyl sites for hydroxylation is 4. The summed E-state index contributed by atoms with van der Waals surface area (Å²) in [5.41, 5.74) is 6.35. The van der Waals surface area contributed by atoms with Crippen molar-refractivity contribution in [3.8, 4) is 11.4 Å². The first-order valence-electron chi connectivity index (χ1n) is 8.06. The second-order valence-electron chi connectivity index (χ2n) is 6.33. The fourth-order valence-corrected chi connectivity index (χ4v) is 4.46. The first-order valence-corrected chi connectivity index (χ1v) is 8.94. The van der Waals surface area contributed by atoms with E-state index in [2.05, 4.69) is 50.0 Å². The standard InChI is InChI=1S/C19H23N3OS/c1-11-9-12(2)17(13(3)10-11)15(5)24-19-21-20-18(22(19)6)16-7-8-23-14(16)4/h7-10,15H,1-6H3/t15-/m0/s1. The highest BCUT2D eigenvalue weighted by atomic mass is 32.2. The van der Waals surface area contributed by atoms with Crippen LogP contribution in [0.4, 0.5) is 0 Å². The molecule has 2 aromatic heterocycles. The van der Waals surface area contributed by atoms with Gasteiger partial charge in [0.2, 0.25) is 0 Å². The van der Waals surface area contributed by atoms with Crippen molar-refractivity contribution in [1.82, 2.24) is 14.8 Å². The van der Waals surface area contributed by atoms with Crippen molar-refractivity contribution >= 4 is 11.8 Å². The Labute approximate surface area is 147 Å². The van der Waals surface area contributed by atoms with Crippen molar-refractivity contribution in [3.63, 3.8) is 0 Å². The normalized spacial score (nSPS) is 12.6. The van der Waals surface area contributed by atoms with E-state index in [4.69, 9.17) is 4.42 Å². The van der Waals surface area contributed by atoms with Gasteiger partial charge in [0.25, 0.3) is 0 Å². The minimum atomic E-state index is 0.312. The zero-order chi connectivity index (χ0) is 17.4. The number of hydrogen-bond acceptors (Lipinski definition) is 4. The van der Waals surface area contributed by atoms with E-state index in [1.54, 1.807) is 18.0 Å². The second-order valence-corrected chi connectivity index (χ2v) is 7.64. The predicted octanol–water partition coefficient (Wildman–Crippen LogP) is 5.16. The van der Waals surface area contributed by atoms with Gasteiger partial charge in [-0.15, -0.1) is 10.2 Å². The van der Waals surface area contributed by atoms with Crippen LogP contribution >= 0.6 is 11.8 Å². The van der Waals surface area contributed by atoms with Crippen LogP contribution in [0, 0.1) is 27.7 Å². The molecule has 0 saturated heterocycles. The summed E-state index contributed by atoms with van der Waals surface area (Å²) < 4.78 is 7.43. The average Bonchev–Trinajstić information content (AvgIpc) is 3.05. The Morgan fingerprint density at radius 3 is 2.33 bits per heavy atom. The van der Waals surface area contributed by atoms with Crippen molar-refractivity contribution in [2.24, 2.45) is 7.05 Å². The summed E-state index contributed by atoms with van der Waals surface area (Å²) in [6, 6.07) is 6.43. The van der Waals surface area contributed by atoms with Gasteiger partial charge in [-0.25, -0.2) is 0 Å². The topological polar surface area (TPSA) is 43.9 Å². The maximum Gasteiger partial charge on any atom is 0.191 e. The summed E-state index contributed by atoms with van der Waals surface area (Å²) in [5, 5.41) is 9.97. The highest BCUT2D eigenvalue weighted by Crippen LogP contribution is 2.38. The molecule has 0 fully saturated rings. The molecule has 1 aromatic carbocycles. The SMILES string of the molecule is Cc1cc(C)c([C@H](C)Sc2nnc(-c3ccoc3C)n2C)c(C)c1. The molecule has 3 rings (SSSR count). The number of nitrogens with zero attached hydrogens (tertiary/aromatic N) is 3. The molecule has 4 nitrogen and oxygen atoms in total. The summed E-state index contributed by atoms with van der Waals surface area (Å²) in [7, 11) is 2.01. The van der Waals surface area contributed by atoms with Gasteiger partial charge in [0.15, 0.2) is 11.0 Å². The predicted molar refractivity (Wildman–Crippen MR) is 98.4 cm³/mol. The number of benzene rings is 1. The van der Waals surface area contributed by atoms with Gasteiger partial charge >= 0.3 is 0 Å². The van der Waals surface area contributed by atoms with Gasteiger partial charge in [-0.05, 0) is 57.4 Å².